The zero-order valence-electron chi connectivity index (χ0n) is 13.8. The Hall–Kier alpha value is -3.09. The van der Waals surface area contributed by atoms with Crippen molar-refractivity contribution in [3.8, 4) is 11.4 Å². The Labute approximate surface area is 144 Å². The molecule has 2 aromatic heterocycles. The molecule has 3 aromatic rings. The second-order valence-corrected chi connectivity index (χ2v) is 5.74. The summed E-state index contributed by atoms with van der Waals surface area (Å²) >= 11 is 0. The number of pyridine rings is 1. The highest BCUT2D eigenvalue weighted by atomic mass is 19.1. The maximum atomic E-state index is 14.1. The zero-order valence-corrected chi connectivity index (χ0v) is 13.8. The third kappa shape index (κ3) is 4.26. The number of nitrogens with one attached hydrogen (secondary N) is 2. The number of hydrogen-bond acceptors (Lipinski definition) is 5. The molecule has 25 heavy (non-hydrogen) atoms. The average molecular weight is 341 g/mol. The van der Waals surface area contributed by atoms with Crippen LogP contribution in [0.5, 0.6) is 0 Å². The molecule has 0 aliphatic carbocycles. The van der Waals surface area contributed by atoms with Gasteiger partial charge in [0.2, 0.25) is 5.95 Å². The molecule has 3 rings (SSSR count). The molecule has 0 saturated heterocycles. The van der Waals surface area contributed by atoms with Crippen LogP contribution in [0.1, 0.15) is 13.8 Å². The molecule has 7 heteroatoms. The van der Waals surface area contributed by atoms with Crippen molar-refractivity contribution in [2.45, 2.75) is 19.9 Å². The van der Waals surface area contributed by atoms with Crippen LogP contribution in [0.15, 0.2) is 48.7 Å². The number of anilines is 3. The highest BCUT2D eigenvalue weighted by Crippen LogP contribution is 2.24. The predicted octanol–water partition coefficient (Wildman–Crippen LogP) is 4.38. The van der Waals surface area contributed by atoms with Gasteiger partial charge in [0, 0.05) is 12.1 Å². The van der Waals surface area contributed by atoms with E-state index in [1.807, 2.05) is 13.8 Å². The van der Waals surface area contributed by atoms with Crippen molar-refractivity contribution >= 4 is 17.3 Å². The summed E-state index contributed by atoms with van der Waals surface area (Å²) in [5, 5.41) is 6.21. The fourth-order valence-corrected chi connectivity index (χ4v) is 2.24. The number of nitrogens with zero attached hydrogens (tertiary/aromatic N) is 3. The van der Waals surface area contributed by atoms with E-state index in [1.165, 1.54) is 18.3 Å². The number of aromatic nitrogens is 3. The molecule has 0 fully saturated rings. The molecule has 5 nitrogen and oxygen atoms in total. The number of halogens is 2. The topological polar surface area (TPSA) is 62.7 Å². The van der Waals surface area contributed by atoms with E-state index in [0.29, 0.717) is 22.9 Å². The standard InChI is InChI=1S/C18H17F2N5/c1-11(2)22-16-9-17(23-12-7-8-15(20)21-10-12)25-18(24-16)13-5-3-4-6-14(13)19/h3-11H,1-2H3,(H2,22,23,24,25). The first-order valence-electron chi connectivity index (χ1n) is 7.80. The lowest BCUT2D eigenvalue weighted by Gasteiger charge is -2.13. The van der Waals surface area contributed by atoms with Crippen LogP contribution >= 0.6 is 0 Å². The molecule has 0 radical (unpaired) electrons. The van der Waals surface area contributed by atoms with E-state index < -0.39 is 11.8 Å². The van der Waals surface area contributed by atoms with E-state index in [-0.39, 0.29) is 11.9 Å². The Morgan fingerprint density at radius 2 is 1.72 bits per heavy atom. The van der Waals surface area contributed by atoms with E-state index in [1.54, 1.807) is 30.3 Å². The Morgan fingerprint density at radius 1 is 0.960 bits per heavy atom. The third-order valence-electron chi connectivity index (χ3n) is 3.28. The predicted molar refractivity (Wildman–Crippen MR) is 93.7 cm³/mol. The number of rotatable bonds is 5. The summed E-state index contributed by atoms with van der Waals surface area (Å²) in [6.45, 7) is 3.95. The van der Waals surface area contributed by atoms with Crippen LogP contribution in [0.3, 0.4) is 0 Å². The highest BCUT2D eigenvalue weighted by molar-refractivity contribution is 5.65. The summed E-state index contributed by atoms with van der Waals surface area (Å²) in [5.41, 5.74) is 0.866. The molecule has 0 unspecified atom stereocenters. The molecule has 1 aromatic carbocycles. The van der Waals surface area contributed by atoms with Crippen LogP contribution in [-0.4, -0.2) is 21.0 Å². The third-order valence-corrected chi connectivity index (χ3v) is 3.28. The normalized spacial score (nSPS) is 10.8. The van der Waals surface area contributed by atoms with Gasteiger partial charge < -0.3 is 10.6 Å². The number of benzene rings is 1. The lowest BCUT2D eigenvalue weighted by molar-refractivity contribution is 0.584. The van der Waals surface area contributed by atoms with Crippen molar-refractivity contribution in [3.63, 3.8) is 0 Å². The molecule has 0 amide bonds. The molecule has 0 saturated carbocycles. The van der Waals surface area contributed by atoms with Crippen LogP contribution in [0.4, 0.5) is 26.1 Å². The highest BCUT2D eigenvalue weighted by Gasteiger charge is 2.12. The van der Waals surface area contributed by atoms with Crippen LogP contribution < -0.4 is 10.6 Å². The van der Waals surface area contributed by atoms with Gasteiger partial charge in [0.1, 0.15) is 17.5 Å². The monoisotopic (exact) mass is 341 g/mol. The maximum absolute atomic E-state index is 14.1. The Morgan fingerprint density at radius 3 is 2.40 bits per heavy atom. The molecule has 0 aliphatic rings. The fourth-order valence-electron chi connectivity index (χ4n) is 2.24. The van der Waals surface area contributed by atoms with Gasteiger partial charge in [0.05, 0.1) is 17.4 Å². The van der Waals surface area contributed by atoms with Crippen molar-refractivity contribution in [2.75, 3.05) is 10.6 Å². The molecular weight excluding hydrogens is 324 g/mol. The van der Waals surface area contributed by atoms with Crippen molar-refractivity contribution < 1.29 is 8.78 Å². The summed E-state index contributed by atoms with van der Waals surface area (Å²) in [4.78, 5) is 12.3. The van der Waals surface area contributed by atoms with Crippen molar-refractivity contribution in [2.24, 2.45) is 0 Å². The summed E-state index contributed by atoms with van der Waals surface area (Å²) < 4.78 is 27.0. The molecule has 2 heterocycles. The molecule has 0 aliphatic heterocycles. The average Bonchev–Trinajstić information content (AvgIpc) is 2.56. The lowest BCUT2D eigenvalue weighted by atomic mass is 10.2. The van der Waals surface area contributed by atoms with Gasteiger partial charge >= 0.3 is 0 Å². The summed E-state index contributed by atoms with van der Waals surface area (Å²) in [5.74, 6) is 0.285. The summed E-state index contributed by atoms with van der Waals surface area (Å²) in [7, 11) is 0. The van der Waals surface area contributed by atoms with Crippen LogP contribution in [-0.2, 0) is 0 Å². The minimum Gasteiger partial charge on any atom is -0.368 e. The van der Waals surface area contributed by atoms with Crippen molar-refractivity contribution in [1.82, 2.24) is 15.0 Å². The maximum Gasteiger partial charge on any atom is 0.212 e. The zero-order chi connectivity index (χ0) is 17.8. The smallest absolute Gasteiger partial charge is 0.212 e. The summed E-state index contributed by atoms with van der Waals surface area (Å²) in [6.07, 6.45) is 1.36. The first kappa shape index (κ1) is 16.8. The van der Waals surface area contributed by atoms with E-state index in [2.05, 4.69) is 25.6 Å². The molecule has 0 bridgehead atoms. The van der Waals surface area contributed by atoms with Gasteiger partial charge in [-0.05, 0) is 38.1 Å². The van der Waals surface area contributed by atoms with Gasteiger partial charge in [-0.25, -0.2) is 19.3 Å². The minimum absolute atomic E-state index is 0.142. The Kier molecular flexibility index (Phi) is 4.83. The van der Waals surface area contributed by atoms with Crippen LogP contribution in [0.25, 0.3) is 11.4 Å². The number of hydrogen-bond donors (Lipinski definition) is 2. The second-order valence-electron chi connectivity index (χ2n) is 5.74. The Bertz CT molecular complexity index is 866. The SMILES string of the molecule is CC(C)Nc1cc(Nc2ccc(F)nc2)nc(-c2ccccc2F)n1. The van der Waals surface area contributed by atoms with Crippen LogP contribution in [0.2, 0.25) is 0 Å². The lowest BCUT2D eigenvalue weighted by Crippen LogP contribution is -2.12. The molecule has 0 atom stereocenters. The quantitative estimate of drug-likeness (QED) is 0.674. The van der Waals surface area contributed by atoms with E-state index in [9.17, 15) is 8.78 Å². The van der Waals surface area contributed by atoms with Gasteiger partial charge in [-0.3, -0.25) is 0 Å². The van der Waals surface area contributed by atoms with E-state index in [0.717, 1.165) is 0 Å². The van der Waals surface area contributed by atoms with Crippen LogP contribution in [0, 0.1) is 11.8 Å². The van der Waals surface area contributed by atoms with Gasteiger partial charge in [0.15, 0.2) is 5.82 Å². The van der Waals surface area contributed by atoms with Gasteiger partial charge in [-0.1, -0.05) is 12.1 Å². The Balaban J connectivity index is 2.00. The minimum atomic E-state index is -0.567. The van der Waals surface area contributed by atoms with Crippen molar-refractivity contribution in [3.05, 3.63) is 60.4 Å². The van der Waals surface area contributed by atoms with Crippen molar-refractivity contribution in [1.29, 1.82) is 0 Å². The first-order chi connectivity index (χ1) is 12.0. The molecule has 0 spiro atoms. The first-order valence-corrected chi connectivity index (χ1v) is 7.80. The largest absolute Gasteiger partial charge is 0.368 e. The molecular formula is C18H17F2N5. The van der Waals surface area contributed by atoms with E-state index in [4.69, 9.17) is 0 Å². The second kappa shape index (κ2) is 7.21. The molecule has 128 valence electrons. The molecule has 2 N–H and O–H groups in total. The van der Waals surface area contributed by atoms with E-state index >= 15 is 0 Å². The van der Waals surface area contributed by atoms with Gasteiger partial charge in [-0.2, -0.15) is 4.39 Å². The van der Waals surface area contributed by atoms with Gasteiger partial charge in [-0.15, -0.1) is 0 Å². The fraction of sp³-hybridized carbons (Fsp3) is 0.167. The summed E-state index contributed by atoms with van der Waals surface area (Å²) in [6, 6.07) is 10.9. The van der Waals surface area contributed by atoms with Gasteiger partial charge in [0.25, 0.3) is 0 Å².